The number of β-lactam (4-membered cyclic amide) rings is 1. The number of ether oxygens (including phenoxy) is 2. The van der Waals surface area contributed by atoms with E-state index in [9.17, 15) is 19.2 Å². The van der Waals surface area contributed by atoms with E-state index < -0.39 is 41.5 Å². The highest BCUT2D eigenvalue weighted by Crippen LogP contribution is 2.41. The molecule has 2 aliphatic heterocycles. The lowest BCUT2D eigenvalue weighted by atomic mass is 9.97. The Morgan fingerprint density at radius 2 is 1.71 bits per heavy atom. The smallest absolute Gasteiger partial charge is 0.407 e. The van der Waals surface area contributed by atoms with E-state index in [1.165, 1.54) is 16.7 Å². The first kappa shape index (κ1) is 24.3. The molecule has 0 aliphatic carbocycles. The summed E-state index contributed by atoms with van der Waals surface area (Å²) < 4.78 is 11.3. The van der Waals surface area contributed by atoms with Crippen LogP contribution in [0.1, 0.15) is 24.2 Å². The van der Waals surface area contributed by atoms with Gasteiger partial charge in [0.05, 0.1) is 0 Å². The molecule has 0 radical (unpaired) electrons. The third kappa shape index (κ3) is 5.17. The molecule has 0 aromatic heterocycles. The van der Waals surface area contributed by atoms with Gasteiger partial charge in [0, 0.05) is 12.1 Å². The maximum Gasteiger partial charge on any atom is 0.407 e. The average molecular weight is 496 g/mol. The molecule has 0 bridgehead atoms. The van der Waals surface area contributed by atoms with Crippen molar-refractivity contribution in [3.8, 4) is 0 Å². The van der Waals surface area contributed by atoms with E-state index >= 15 is 0 Å². The predicted octanol–water partition coefficient (Wildman–Crippen LogP) is 2.35. The molecule has 4 rings (SSSR count). The molecule has 35 heavy (non-hydrogen) atoms. The number of hydrogen-bond acceptors (Lipinski definition) is 7. The topological polar surface area (TPSA) is 114 Å². The van der Waals surface area contributed by atoms with Crippen LogP contribution < -0.4 is 10.6 Å². The van der Waals surface area contributed by atoms with E-state index in [1.54, 1.807) is 12.3 Å². The number of hydrogen-bond donors (Lipinski definition) is 2. The van der Waals surface area contributed by atoms with Gasteiger partial charge in [-0.3, -0.25) is 9.59 Å². The van der Waals surface area contributed by atoms with Crippen molar-refractivity contribution < 1.29 is 28.7 Å². The third-order valence-electron chi connectivity index (χ3n) is 5.67. The Morgan fingerprint density at radius 3 is 2.29 bits per heavy atom. The van der Waals surface area contributed by atoms with E-state index in [-0.39, 0.29) is 6.61 Å². The van der Waals surface area contributed by atoms with Crippen molar-refractivity contribution in [2.24, 2.45) is 0 Å². The predicted molar refractivity (Wildman–Crippen MR) is 129 cm³/mol. The second-order valence-corrected chi connectivity index (χ2v) is 8.87. The minimum atomic E-state index is -1.09. The summed E-state index contributed by atoms with van der Waals surface area (Å²) in [4.78, 5) is 50.6. The highest BCUT2D eigenvalue weighted by Gasteiger charge is 2.56. The quantitative estimate of drug-likeness (QED) is 0.312. The molecule has 2 aliphatic rings. The summed E-state index contributed by atoms with van der Waals surface area (Å²) >= 11 is 1.27. The van der Waals surface area contributed by atoms with Gasteiger partial charge in [0.15, 0.2) is 12.1 Å². The molecule has 10 heteroatoms. The van der Waals surface area contributed by atoms with E-state index in [0.717, 1.165) is 11.1 Å². The Morgan fingerprint density at radius 1 is 1.09 bits per heavy atom. The highest BCUT2D eigenvalue weighted by atomic mass is 32.2. The van der Waals surface area contributed by atoms with Gasteiger partial charge < -0.3 is 25.0 Å². The number of carbonyl (C=O) groups is 4. The molecule has 2 N–H and O–H groups in total. The van der Waals surface area contributed by atoms with Gasteiger partial charge in [-0.1, -0.05) is 60.7 Å². The second-order valence-electron chi connectivity index (χ2n) is 7.87. The monoisotopic (exact) mass is 495 g/mol. The molecule has 3 amide bonds. The SMILES string of the molecule is CCNC(=O)OCC1=CS[C@@H]2[C@H](NC=O)C(=O)N2C1C(=O)OC(c1ccccc1)c1ccccc1. The van der Waals surface area contributed by atoms with Crippen LogP contribution in [0.4, 0.5) is 4.79 Å². The van der Waals surface area contributed by atoms with Crippen molar-refractivity contribution in [3.05, 3.63) is 82.8 Å². The first-order chi connectivity index (χ1) is 17.0. The van der Waals surface area contributed by atoms with Gasteiger partial charge >= 0.3 is 12.1 Å². The van der Waals surface area contributed by atoms with Crippen LogP contribution in [0.25, 0.3) is 0 Å². The van der Waals surface area contributed by atoms with Gasteiger partial charge in [0.25, 0.3) is 0 Å². The van der Waals surface area contributed by atoms with Gasteiger partial charge in [-0.25, -0.2) is 9.59 Å². The maximum absolute atomic E-state index is 13.6. The molecule has 0 saturated carbocycles. The zero-order valence-corrected chi connectivity index (χ0v) is 19.8. The zero-order chi connectivity index (χ0) is 24.8. The number of amides is 3. The number of nitrogens with zero attached hydrogens (tertiary/aromatic N) is 1. The third-order valence-corrected chi connectivity index (χ3v) is 6.89. The van der Waals surface area contributed by atoms with E-state index in [0.29, 0.717) is 18.5 Å². The average Bonchev–Trinajstić information content (AvgIpc) is 2.89. The molecule has 0 spiro atoms. The first-order valence-electron chi connectivity index (χ1n) is 11.1. The molecule has 3 atom stereocenters. The summed E-state index contributed by atoms with van der Waals surface area (Å²) in [5, 5.41) is 6.25. The van der Waals surface area contributed by atoms with Crippen LogP contribution in [0.5, 0.6) is 0 Å². The summed E-state index contributed by atoms with van der Waals surface area (Å²) in [5.74, 6) is -1.06. The summed E-state index contributed by atoms with van der Waals surface area (Å²) in [7, 11) is 0. The van der Waals surface area contributed by atoms with Crippen LogP contribution in [0, 0.1) is 0 Å². The summed E-state index contributed by atoms with van der Waals surface area (Å²) in [6.07, 6.45) is -0.871. The number of carbonyl (C=O) groups excluding carboxylic acids is 4. The van der Waals surface area contributed by atoms with Gasteiger partial charge in [-0.05, 0) is 23.5 Å². The number of alkyl carbamates (subject to hydrolysis) is 1. The normalized spacial score (nSPS) is 20.7. The lowest BCUT2D eigenvalue weighted by Gasteiger charge is -2.51. The van der Waals surface area contributed by atoms with Crippen LogP contribution in [0.2, 0.25) is 0 Å². The van der Waals surface area contributed by atoms with E-state index in [4.69, 9.17) is 9.47 Å². The Labute approximate surface area is 206 Å². The minimum absolute atomic E-state index is 0.192. The van der Waals surface area contributed by atoms with Crippen LogP contribution in [-0.2, 0) is 23.9 Å². The number of nitrogens with one attached hydrogen (secondary N) is 2. The van der Waals surface area contributed by atoms with E-state index in [2.05, 4.69) is 10.6 Å². The lowest BCUT2D eigenvalue weighted by Crippen LogP contribution is -2.73. The first-order valence-corrected chi connectivity index (χ1v) is 12.1. The zero-order valence-electron chi connectivity index (χ0n) is 19.0. The molecule has 1 saturated heterocycles. The number of esters is 1. The van der Waals surface area contributed by atoms with Crippen LogP contribution >= 0.6 is 11.8 Å². The lowest BCUT2D eigenvalue weighted by molar-refractivity contribution is -0.165. The summed E-state index contributed by atoms with van der Waals surface area (Å²) in [6, 6.07) is 16.8. The fraction of sp³-hybridized carbons (Fsp3) is 0.280. The fourth-order valence-electron chi connectivity index (χ4n) is 4.02. The molecule has 1 fully saturated rings. The number of benzene rings is 2. The Bertz CT molecular complexity index is 1070. The number of rotatable bonds is 9. The summed E-state index contributed by atoms with van der Waals surface area (Å²) in [6.45, 7) is 1.95. The summed E-state index contributed by atoms with van der Waals surface area (Å²) in [5.41, 5.74) is 1.96. The largest absolute Gasteiger partial charge is 0.451 e. The van der Waals surface area contributed by atoms with Crippen molar-refractivity contribution in [3.63, 3.8) is 0 Å². The molecule has 2 aromatic rings. The van der Waals surface area contributed by atoms with Crippen molar-refractivity contribution in [1.29, 1.82) is 0 Å². The van der Waals surface area contributed by atoms with Gasteiger partial charge in [0.2, 0.25) is 12.3 Å². The van der Waals surface area contributed by atoms with Crippen molar-refractivity contribution in [2.45, 2.75) is 30.5 Å². The van der Waals surface area contributed by atoms with Crippen molar-refractivity contribution in [1.82, 2.24) is 15.5 Å². The molecule has 1 unspecified atom stereocenters. The van der Waals surface area contributed by atoms with Gasteiger partial charge in [-0.2, -0.15) is 0 Å². The Hall–Kier alpha value is -3.79. The van der Waals surface area contributed by atoms with Crippen LogP contribution in [0.3, 0.4) is 0 Å². The standard InChI is InChI=1S/C25H25N3O6S/c1-2-26-25(32)33-13-18-14-35-23-19(27-15-29)22(30)28(23)20(18)24(31)34-21(16-9-5-3-6-10-16)17-11-7-4-8-12-17/h3-12,14-15,19-21,23H,2,13H2,1H3,(H,26,32)(H,27,29)/t19-,20?,23-/m1/s1. The van der Waals surface area contributed by atoms with Gasteiger partial charge in [-0.15, -0.1) is 11.8 Å². The van der Waals surface area contributed by atoms with Crippen molar-refractivity contribution in [2.75, 3.05) is 13.2 Å². The Kier molecular flexibility index (Phi) is 7.71. The highest BCUT2D eigenvalue weighted by molar-refractivity contribution is 8.02. The molecular weight excluding hydrogens is 470 g/mol. The fourth-order valence-corrected chi connectivity index (χ4v) is 5.24. The van der Waals surface area contributed by atoms with Gasteiger partial charge in [0.1, 0.15) is 18.0 Å². The van der Waals surface area contributed by atoms with Crippen molar-refractivity contribution >= 4 is 36.1 Å². The number of fused-ring (bicyclic) bond motifs is 1. The molecule has 182 valence electrons. The molecule has 2 aromatic carbocycles. The van der Waals surface area contributed by atoms with Crippen LogP contribution in [0.15, 0.2) is 71.6 Å². The molecule has 9 nitrogen and oxygen atoms in total. The Balaban J connectivity index is 1.62. The second kappa shape index (κ2) is 11.1. The minimum Gasteiger partial charge on any atom is -0.451 e. The maximum atomic E-state index is 13.6. The van der Waals surface area contributed by atoms with E-state index in [1.807, 2.05) is 60.7 Å². The molecular formula is C25H25N3O6S. The molecule has 2 heterocycles. The van der Waals surface area contributed by atoms with Crippen LogP contribution in [-0.4, -0.2) is 59.9 Å². The number of thioether (sulfide) groups is 1.